The monoisotopic (exact) mass is 493 g/mol. The van der Waals surface area contributed by atoms with Crippen molar-refractivity contribution in [3.63, 3.8) is 0 Å². The minimum Gasteiger partial charge on any atom is -0.444 e. The van der Waals surface area contributed by atoms with E-state index in [4.69, 9.17) is 10.5 Å². The van der Waals surface area contributed by atoms with Gasteiger partial charge in [0, 0.05) is 23.5 Å². The number of hydrogen-bond acceptors (Lipinski definition) is 5. The number of amides is 2. The highest BCUT2D eigenvalue weighted by Crippen LogP contribution is 2.40. The number of nitrogens with two attached hydrogens (primary N) is 1. The largest absolute Gasteiger partial charge is 0.444 e. The zero-order chi connectivity index (χ0) is 22.8. The van der Waals surface area contributed by atoms with Crippen molar-refractivity contribution >= 4 is 34.2 Å². The number of fused-ring (bicyclic) bond motifs is 3. The predicted octanol–water partition coefficient (Wildman–Crippen LogP) is 3.18. The van der Waals surface area contributed by atoms with E-state index in [1.165, 1.54) is 0 Å². The average molecular weight is 494 g/mol. The van der Waals surface area contributed by atoms with Crippen molar-refractivity contribution in [2.24, 2.45) is 11.7 Å². The van der Waals surface area contributed by atoms with Crippen molar-refractivity contribution in [2.75, 3.05) is 6.54 Å². The molecule has 7 nitrogen and oxygen atoms in total. The highest BCUT2D eigenvalue weighted by molar-refractivity contribution is 9.10. The molecule has 1 aromatic carbocycles. The number of aldehydes is 1. The molecular weight excluding hydrogens is 462 g/mol. The van der Waals surface area contributed by atoms with E-state index in [9.17, 15) is 14.4 Å². The molecule has 2 aliphatic heterocycles. The molecule has 1 aromatic rings. The van der Waals surface area contributed by atoms with Crippen LogP contribution in [-0.2, 0) is 20.7 Å². The first-order chi connectivity index (χ1) is 14.6. The summed E-state index contributed by atoms with van der Waals surface area (Å²) < 4.78 is 6.54. The van der Waals surface area contributed by atoms with Gasteiger partial charge in [0.25, 0.3) is 0 Å². The van der Waals surface area contributed by atoms with E-state index in [-0.39, 0.29) is 30.8 Å². The number of benzene rings is 1. The van der Waals surface area contributed by atoms with Gasteiger partial charge in [0.2, 0.25) is 5.91 Å². The number of nitrogens with one attached hydrogen (secondary N) is 1. The molecule has 2 unspecified atom stereocenters. The van der Waals surface area contributed by atoms with Crippen LogP contribution in [-0.4, -0.2) is 53.0 Å². The fraction of sp³-hybridized carbons (Fsp3) is 0.609. The van der Waals surface area contributed by atoms with Gasteiger partial charge in [-0.15, -0.1) is 0 Å². The lowest BCUT2D eigenvalue weighted by Crippen LogP contribution is -2.67. The Morgan fingerprint density at radius 2 is 1.81 bits per heavy atom. The third-order valence-electron chi connectivity index (χ3n) is 6.15. The minimum atomic E-state index is -1.23. The molecule has 170 valence electrons. The summed E-state index contributed by atoms with van der Waals surface area (Å²) in [6.07, 6.45) is 4.01. The van der Waals surface area contributed by atoms with Crippen molar-refractivity contribution in [3.8, 4) is 0 Å². The van der Waals surface area contributed by atoms with Crippen LogP contribution in [0.5, 0.6) is 0 Å². The van der Waals surface area contributed by atoms with E-state index in [0.29, 0.717) is 6.29 Å². The molecule has 0 radical (unpaired) electrons. The van der Waals surface area contributed by atoms with E-state index in [1.54, 1.807) is 4.90 Å². The first kappa shape index (κ1) is 23.7. The van der Waals surface area contributed by atoms with Crippen molar-refractivity contribution < 1.29 is 19.1 Å². The lowest BCUT2D eigenvalue weighted by Gasteiger charge is -2.50. The van der Waals surface area contributed by atoms with Crippen LogP contribution in [0, 0.1) is 5.92 Å². The maximum absolute atomic E-state index is 13.5. The smallest absolute Gasteiger partial charge is 0.411 e. The summed E-state index contributed by atoms with van der Waals surface area (Å²) >= 11 is 3.40. The fourth-order valence-corrected chi connectivity index (χ4v) is 4.90. The summed E-state index contributed by atoms with van der Waals surface area (Å²) in [7, 11) is 0. The highest BCUT2D eigenvalue weighted by atomic mass is 79.9. The van der Waals surface area contributed by atoms with Crippen LogP contribution in [0.25, 0.3) is 0 Å². The van der Waals surface area contributed by atoms with Crippen LogP contribution in [0.3, 0.4) is 0 Å². The van der Waals surface area contributed by atoms with E-state index in [1.807, 2.05) is 45.0 Å². The van der Waals surface area contributed by atoms with Gasteiger partial charge in [-0.25, -0.2) is 4.79 Å². The first-order valence-corrected chi connectivity index (χ1v) is 11.6. The first-order valence-electron chi connectivity index (χ1n) is 10.8. The molecule has 2 saturated heterocycles. The Morgan fingerprint density at radius 3 is 2.32 bits per heavy atom. The van der Waals surface area contributed by atoms with E-state index in [2.05, 4.69) is 21.2 Å². The zero-order valence-electron chi connectivity index (χ0n) is 18.4. The maximum Gasteiger partial charge on any atom is 0.411 e. The van der Waals surface area contributed by atoms with Crippen LogP contribution in [0.4, 0.5) is 4.79 Å². The third-order valence-corrected chi connectivity index (χ3v) is 6.68. The zero-order valence-corrected chi connectivity index (χ0v) is 20.0. The molecule has 1 aliphatic carbocycles. The van der Waals surface area contributed by atoms with Crippen molar-refractivity contribution in [1.82, 2.24) is 10.2 Å². The summed E-state index contributed by atoms with van der Waals surface area (Å²) in [4.78, 5) is 40.1. The topological polar surface area (TPSA) is 102 Å². The normalized spacial score (nSPS) is 24.9. The molecule has 3 N–H and O–H groups in total. The number of carbonyl (C=O) groups is 3. The van der Waals surface area contributed by atoms with Crippen LogP contribution < -0.4 is 11.1 Å². The van der Waals surface area contributed by atoms with Gasteiger partial charge in [-0.3, -0.25) is 9.69 Å². The molecular formula is C23H32BrN3O4. The second-order valence-electron chi connectivity index (χ2n) is 9.67. The fourth-order valence-electron chi connectivity index (χ4n) is 4.64. The molecule has 0 spiro atoms. The molecule has 2 heterocycles. The standard InChI is InChI=1S/C23H32BrN3O4/c1-22(2,3)31-21(30)27-18-10-6-16(7-11-18)19(27)20(29)26-23(13-25,14-28)12-15-4-8-17(24)9-5-15/h4-5,8-9,14,16,18-19H,6-7,10-13,25H2,1-3H3,(H,26,29). The van der Waals surface area contributed by atoms with Gasteiger partial charge in [0.15, 0.2) is 0 Å². The van der Waals surface area contributed by atoms with Crippen molar-refractivity contribution in [1.29, 1.82) is 0 Å². The molecule has 1 saturated carbocycles. The quantitative estimate of drug-likeness (QED) is 0.592. The molecule has 4 rings (SSSR count). The molecule has 3 fully saturated rings. The Balaban J connectivity index is 1.82. The molecule has 2 bridgehead atoms. The van der Waals surface area contributed by atoms with Crippen molar-refractivity contribution in [2.45, 2.75) is 76.1 Å². The van der Waals surface area contributed by atoms with Gasteiger partial charge in [0.05, 0.1) is 0 Å². The van der Waals surface area contributed by atoms with Gasteiger partial charge < -0.3 is 20.6 Å². The van der Waals surface area contributed by atoms with E-state index < -0.39 is 23.3 Å². The summed E-state index contributed by atoms with van der Waals surface area (Å²) in [5, 5.41) is 2.90. The molecule has 2 amide bonds. The van der Waals surface area contributed by atoms with Crippen LogP contribution in [0.2, 0.25) is 0 Å². The van der Waals surface area contributed by atoms with Crippen LogP contribution in [0.1, 0.15) is 52.0 Å². The van der Waals surface area contributed by atoms with Crippen LogP contribution >= 0.6 is 15.9 Å². The average Bonchev–Trinajstić information content (AvgIpc) is 2.73. The number of halogens is 1. The number of nitrogens with zero attached hydrogens (tertiary/aromatic N) is 1. The van der Waals surface area contributed by atoms with E-state index in [0.717, 1.165) is 35.7 Å². The SMILES string of the molecule is CC(C)(C)OC(=O)N1C2CCC(CC2)C1C(=O)NC(C=O)(CN)Cc1ccc(Br)cc1. The Bertz CT molecular complexity index is 815. The number of piperidine rings is 2. The third kappa shape index (κ3) is 5.47. The Morgan fingerprint density at radius 1 is 1.19 bits per heavy atom. The molecule has 3 aliphatic rings. The summed E-state index contributed by atoms with van der Waals surface area (Å²) in [5.41, 5.74) is 4.96. The van der Waals surface area contributed by atoms with Gasteiger partial charge in [-0.1, -0.05) is 28.1 Å². The number of rotatable bonds is 6. The number of hydrogen-bond donors (Lipinski definition) is 2. The molecule has 0 aromatic heterocycles. The second-order valence-corrected chi connectivity index (χ2v) is 10.6. The Hall–Kier alpha value is -1.93. The van der Waals surface area contributed by atoms with Gasteiger partial charge in [0.1, 0.15) is 23.5 Å². The van der Waals surface area contributed by atoms with Gasteiger partial charge in [-0.2, -0.15) is 0 Å². The summed E-state index contributed by atoms with van der Waals surface area (Å²) in [6.45, 7) is 5.40. The highest BCUT2D eigenvalue weighted by Gasteiger charge is 2.50. The Kier molecular flexibility index (Phi) is 7.11. The second kappa shape index (κ2) is 9.28. The van der Waals surface area contributed by atoms with Gasteiger partial charge in [-0.05, 0) is 70.1 Å². The lowest BCUT2D eigenvalue weighted by atomic mass is 9.74. The van der Waals surface area contributed by atoms with E-state index >= 15 is 0 Å². The summed E-state index contributed by atoms with van der Waals surface area (Å²) in [5.74, 6) is -0.290. The minimum absolute atomic E-state index is 0.0226. The maximum atomic E-state index is 13.5. The summed E-state index contributed by atoms with van der Waals surface area (Å²) in [6, 6.07) is 6.87. The lowest BCUT2D eigenvalue weighted by molar-refractivity contribution is -0.138. The van der Waals surface area contributed by atoms with Gasteiger partial charge >= 0.3 is 6.09 Å². The van der Waals surface area contributed by atoms with Crippen molar-refractivity contribution in [3.05, 3.63) is 34.3 Å². The molecule has 8 heteroatoms. The van der Waals surface area contributed by atoms with Crippen LogP contribution in [0.15, 0.2) is 28.7 Å². The molecule has 2 atom stereocenters. The number of carbonyl (C=O) groups excluding carboxylic acids is 3. The number of ether oxygens (including phenoxy) is 1. The predicted molar refractivity (Wildman–Crippen MR) is 121 cm³/mol. The molecule has 31 heavy (non-hydrogen) atoms. The Labute approximate surface area is 192 Å².